The minimum Gasteiger partial charge on any atom is -0.493 e. The fraction of sp³-hybridized carbons (Fsp3) is 0.190. The minimum atomic E-state index is 0.145. The second-order valence-electron chi connectivity index (χ2n) is 6.57. The molecule has 8 heteroatoms. The van der Waals surface area contributed by atoms with E-state index in [-0.39, 0.29) is 5.95 Å². The van der Waals surface area contributed by atoms with Gasteiger partial charge >= 0.3 is 0 Å². The average molecular weight is 391 g/mol. The maximum atomic E-state index is 6.16. The third-order valence-electron chi connectivity index (χ3n) is 4.71. The van der Waals surface area contributed by atoms with Crippen LogP contribution in [0, 0.1) is 0 Å². The van der Waals surface area contributed by atoms with Gasteiger partial charge in [-0.2, -0.15) is 4.98 Å². The number of nitrogen functional groups attached to an aromatic ring is 2. The van der Waals surface area contributed by atoms with Crippen molar-refractivity contribution in [2.24, 2.45) is 0 Å². The van der Waals surface area contributed by atoms with Gasteiger partial charge in [0.2, 0.25) is 11.7 Å². The maximum Gasteiger partial charge on any atom is 0.221 e. The molecule has 0 fully saturated rings. The van der Waals surface area contributed by atoms with Crippen LogP contribution in [-0.4, -0.2) is 29.2 Å². The third kappa shape index (κ3) is 3.64. The second kappa shape index (κ2) is 7.67. The number of pyridine rings is 1. The van der Waals surface area contributed by atoms with Gasteiger partial charge in [0.05, 0.1) is 14.2 Å². The number of anilines is 2. The van der Waals surface area contributed by atoms with E-state index in [2.05, 4.69) is 15.0 Å². The third-order valence-corrected chi connectivity index (χ3v) is 4.71. The van der Waals surface area contributed by atoms with Gasteiger partial charge in [-0.15, -0.1) is 0 Å². The number of aromatic nitrogens is 3. The van der Waals surface area contributed by atoms with E-state index in [1.165, 1.54) is 0 Å². The predicted octanol–water partition coefficient (Wildman–Crippen LogP) is 2.98. The Morgan fingerprint density at radius 2 is 1.79 bits per heavy atom. The van der Waals surface area contributed by atoms with Crippen LogP contribution in [0.25, 0.3) is 11.0 Å². The molecule has 29 heavy (non-hydrogen) atoms. The summed E-state index contributed by atoms with van der Waals surface area (Å²) in [7, 11) is 3.18. The van der Waals surface area contributed by atoms with Gasteiger partial charge in [-0.25, -0.2) is 4.98 Å². The molecule has 3 heterocycles. The molecule has 148 valence electrons. The molecule has 0 spiro atoms. The molecule has 0 bridgehead atoms. The smallest absolute Gasteiger partial charge is 0.221 e. The molecule has 0 aliphatic heterocycles. The molecule has 0 amide bonds. The van der Waals surface area contributed by atoms with Gasteiger partial charge in [0.15, 0.2) is 11.3 Å². The average Bonchev–Trinajstić information content (AvgIpc) is 3.14. The van der Waals surface area contributed by atoms with Crippen molar-refractivity contribution in [1.29, 1.82) is 0 Å². The highest BCUT2D eigenvalue weighted by Gasteiger charge is 2.20. The zero-order valence-electron chi connectivity index (χ0n) is 16.2. The van der Waals surface area contributed by atoms with E-state index < -0.39 is 0 Å². The van der Waals surface area contributed by atoms with Crippen molar-refractivity contribution in [2.45, 2.75) is 12.8 Å². The van der Waals surface area contributed by atoms with Crippen LogP contribution in [0.5, 0.6) is 11.5 Å². The molecule has 0 unspecified atom stereocenters. The zero-order valence-corrected chi connectivity index (χ0v) is 16.2. The Hall–Kier alpha value is -3.81. The first-order chi connectivity index (χ1) is 14.1. The van der Waals surface area contributed by atoms with E-state index in [0.717, 1.165) is 27.8 Å². The number of nitrogens with two attached hydrogens (primary N) is 2. The lowest BCUT2D eigenvalue weighted by atomic mass is 10.0. The second-order valence-corrected chi connectivity index (χ2v) is 6.57. The first-order valence-electron chi connectivity index (χ1n) is 9.01. The number of fused-ring (bicyclic) bond motifs is 1. The maximum absolute atomic E-state index is 6.16. The van der Waals surface area contributed by atoms with Gasteiger partial charge in [0, 0.05) is 42.4 Å². The molecule has 4 rings (SSSR count). The summed E-state index contributed by atoms with van der Waals surface area (Å²) in [5.74, 6) is 2.43. The summed E-state index contributed by atoms with van der Waals surface area (Å²) in [5, 5.41) is 0.919. The molecule has 3 aromatic heterocycles. The lowest BCUT2D eigenvalue weighted by Gasteiger charge is -2.12. The van der Waals surface area contributed by atoms with Crippen LogP contribution in [0.3, 0.4) is 0 Å². The van der Waals surface area contributed by atoms with Crippen molar-refractivity contribution in [1.82, 2.24) is 15.0 Å². The number of ether oxygens (including phenoxy) is 2. The Labute approximate surface area is 167 Å². The lowest BCUT2D eigenvalue weighted by Crippen LogP contribution is -2.04. The Bertz CT molecular complexity index is 1160. The largest absolute Gasteiger partial charge is 0.493 e. The Balaban J connectivity index is 1.82. The molecule has 8 nitrogen and oxygen atoms in total. The van der Waals surface area contributed by atoms with Crippen molar-refractivity contribution in [3.63, 3.8) is 0 Å². The van der Waals surface area contributed by atoms with Gasteiger partial charge in [-0.05, 0) is 35.4 Å². The summed E-state index contributed by atoms with van der Waals surface area (Å²) >= 11 is 0. The van der Waals surface area contributed by atoms with Crippen molar-refractivity contribution >= 4 is 22.7 Å². The molecule has 4 N–H and O–H groups in total. The molecule has 1 aromatic carbocycles. The Morgan fingerprint density at radius 3 is 2.48 bits per heavy atom. The number of methoxy groups -OCH3 is 2. The van der Waals surface area contributed by atoms with Crippen LogP contribution in [0.2, 0.25) is 0 Å². The van der Waals surface area contributed by atoms with Crippen molar-refractivity contribution in [3.05, 3.63) is 65.3 Å². The topological polar surface area (TPSA) is 122 Å². The Kier molecular flexibility index (Phi) is 4.90. The summed E-state index contributed by atoms with van der Waals surface area (Å²) in [6.45, 7) is 0. The van der Waals surface area contributed by atoms with E-state index >= 15 is 0 Å². The summed E-state index contributed by atoms with van der Waals surface area (Å²) in [5.41, 5.74) is 15.1. The fourth-order valence-corrected chi connectivity index (χ4v) is 3.32. The number of nitrogens with zero attached hydrogens (tertiary/aromatic N) is 3. The van der Waals surface area contributed by atoms with E-state index in [4.69, 9.17) is 25.4 Å². The highest BCUT2D eigenvalue weighted by atomic mass is 16.5. The molecular weight excluding hydrogens is 370 g/mol. The number of hydrogen-bond acceptors (Lipinski definition) is 8. The van der Waals surface area contributed by atoms with E-state index in [0.29, 0.717) is 35.7 Å². The fourth-order valence-electron chi connectivity index (χ4n) is 3.32. The first-order valence-corrected chi connectivity index (χ1v) is 9.01. The normalized spacial score (nSPS) is 11.0. The molecule has 0 saturated heterocycles. The monoisotopic (exact) mass is 391 g/mol. The summed E-state index contributed by atoms with van der Waals surface area (Å²) in [6.07, 6.45) is 6.29. The van der Waals surface area contributed by atoms with Crippen molar-refractivity contribution in [2.75, 3.05) is 25.7 Å². The quantitative estimate of drug-likeness (QED) is 0.514. The van der Waals surface area contributed by atoms with Crippen LogP contribution < -0.4 is 20.9 Å². The van der Waals surface area contributed by atoms with Crippen LogP contribution in [0.15, 0.2) is 47.3 Å². The lowest BCUT2D eigenvalue weighted by molar-refractivity contribution is 0.352. The van der Waals surface area contributed by atoms with Gasteiger partial charge in [-0.3, -0.25) is 4.98 Å². The van der Waals surface area contributed by atoms with Crippen LogP contribution in [-0.2, 0) is 12.8 Å². The summed E-state index contributed by atoms with van der Waals surface area (Å²) in [4.78, 5) is 12.2. The van der Waals surface area contributed by atoms with Gasteiger partial charge in [0.25, 0.3) is 0 Å². The molecule has 0 aliphatic rings. The van der Waals surface area contributed by atoms with E-state index in [1.54, 1.807) is 32.8 Å². The SMILES string of the molecule is COc1cc(Cc2cnc(N)nc2N)c2cc(Cc3ccncc3)oc2c1OC. The molecule has 0 atom stereocenters. The molecule has 0 radical (unpaired) electrons. The van der Waals surface area contributed by atoms with Crippen molar-refractivity contribution < 1.29 is 13.9 Å². The molecule has 0 saturated carbocycles. The van der Waals surface area contributed by atoms with E-state index in [9.17, 15) is 0 Å². The molecule has 4 aromatic rings. The first kappa shape index (κ1) is 18.5. The summed E-state index contributed by atoms with van der Waals surface area (Å²) in [6, 6.07) is 7.85. The Morgan fingerprint density at radius 1 is 1.00 bits per heavy atom. The predicted molar refractivity (Wildman–Crippen MR) is 110 cm³/mol. The van der Waals surface area contributed by atoms with Crippen LogP contribution in [0.1, 0.15) is 22.5 Å². The summed E-state index contributed by atoms with van der Waals surface area (Å²) < 4.78 is 17.2. The number of hydrogen-bond donors (Lipinski definition) is 2. The standard InChI is InChI=1S/C21H21N5O3/c1-27-17-9-13(8-14-11-25-21(23)26-20(14)22)16-10-15(29-18(16)19(17)28-2)7-12-3-5-24-6-4-12/h3-6,9-11H,7-8H2,1-2H3,(H4,22,23,25,26). The van der Waals surface area contributed by atoms with E-state index in [1.807, 2.05) is 24.3 Å². The highest BCUT2D eigenvalue weighted by molar-refractivity contribution is 5.90. The minimum absolute atomic E-state index is 0.145. The van der Waals surface area contributed by atoms with Gasteiger partial charge in [0.1, 0.15) is 11.6 Å². The molecule has 0 aliphatic carbocycles. The van der Waals surface area contributed by atoms with Crippen molar-refractivity contribution in [3.8, 4) is 11.5 Å². The van der Waals surface area contributed by atoms with Gasteiger partial charge < -0.3 is 25.4 Å². The van der Waals surface area contributed by atoms with Crippen LogP contribution >= 0.6 is 0 Å². The number of furan rings is 1. The van der Waals surface area contributed by atoms with Crippen LogP contribution in [0.4, 0.5) is 11.8 Å². The highest BCUT2D eigenvalue weighted by Crippen LogP contribution is 2.40. The number of benzene rings is 1. The molecular formula is C21H21N5O3. The zero-order chi connectivity index (χ0) is 20.4. The number of rotatable bonds is 6. The van der Waals surface area contributed by atoms with Gasteiger partial charge in [-0.1, -0.05) is 0 Å².